The average molecular weight is 311 g/mol. The summed E-state index contributed by atoms with van der Waals surface area (Å²) < 4.78 is 40.1. The van der Waals surface area contributed by atoms with Crippen molar-refractivity contribution in [2.75, 3.05) is 13.2 Å². The first-order valence-electron chi connectivity index (χ1n) is 8.35. The molecule has 0 saturated heterocycles. The normalized spacial score (nSPS) is 13.6. The molecule has 0 aliphatic heterocycles. The Labute approximate surface area is 127 Å². The van der Waals surface area contributed by atoms with E-state index in [1.807, 2.05) is 0 Å². The van der Waals surface area contributed by atoms with E-state index in [1.54, 1.807) is 0 Å². The highest BCUT2D eigenvalue weighted by Gasteiger charge is 2.27. The maximum atomic E-state index is 11.9. The number of halogens is 3. The molecular formula is C16H32F3NO. The molecule has 1 atom stereocenters. The van der Waals surface area contributed by atoms with Gasteiger partial charge in [0.2, 0.25) is 0 Å². The third-order valence-electron chi connectivity index (χ3n) is 3.53. The van der Waals surface area contributed by atoms with Crippen LogP contribution in [-0.4, -0.2) is 25.4 Å². The van der Waals surface area contributed by atoms with Crippen LogP contribution in [-0.2, 0) is 4.74 Å². The molecule has 128 valence electrons. The zero-order valence-corrected chi connectivity index (χ0v) is 13.4. The second-order valence-electron chi connectivity index (χ2n) is 5.86. The van der Waals surface area contributed by atoms with Crippen molar-refractivity contribution in [2.24, 2.45) is 5.73 Å². The molecule has 0 rings (SSSR count). The number of hydrogen-bond acceptors (Lipinski definition) is 2. The van der Waals surface area contributed by atoms with E-state index < -0.39 is 12.8 Å². The fraction of sp³-hybridized carbons (Fsp3) is 1.00. The van der Waals surface area contributed by atoms with Crippen molar-refractivity contribution in [2.45, 2.75) is 89.8 Å². The second kappa shape index (κ2) is 13.4. The molecule has 0 fully saturated rings. The van der Waals surface area contributed by atoms with E-state index in [0.717, 1.165) is 19.3 Å². The molecule has 0 amide bonds. The summed E-state index contributed by atoms with van der Waals surface area (Å²) in [6.07, 6.45) is 8.98. The molecule has 0 bridgehead atoms. The van der Waals surface area contributed by atoms with Gasteiger partial charge in [-0.2, -0.15) is 13.2 Å². The number of unbranched alkanes of at least 4 members (excludes halogenated alkanes) is 9. The van der Waals surface area contributed by atoms with E-state index in [-0.39, 0.29) is 12.6 Å². The lowest BCUT2D eigenvalue weighted by Crippen LogP contribution is -2.29. The monoisotopic (exact) mass is 311 g/mol. The number of hydrogen-bond donors (Lipinski definition) is 1. The van der Waals surface area contributed by atoms with Crippen LogP contribution in [0.25, 0.3) is 0 Å². The Morgan fingerprint density at radius 3 is 1.81 bits per heavy atom. The standard InChI is InChI=1S/C16H32F3NO/c1-2-3-4-5-6-7-8-9-10-11-12-15(20)13-21-14-16(17,18)19/h15H,2-14,20H2,1H3. The van der Waals surface area contributed by atoms with Crippen LogP contribution in [0.5, 0.6) is 0 Å². The van der Waals surface area contributed by atoms with Crippen molar-refractivity contribution in [1.29, 1.82) is 0 Å². The number of ether oxygens (including phenoxy) is 1. The Bertz CT molecular complexity index is 222. The van der Waals surface area contributed by atoms with Crippen molar-refractivity contribution in [3.63, 3.8) is 0 Å². The Morgan fingerprint density at radius 1 is 0.857 bits per heavy atom. The SMILES string of the molecule is CCCCCCCCCCCCC(N)COCC(F)(F)F. The van der Waals surface area contributed by atoms with Gasteiger partial charge < -0.3 is 10.5 Å². The largest absolute Gasteiger partial charge is 0.411 e. The molecule has 21 heavy (non-hydrogen) atoms. The smallest absolute Gasteiger partial charge is 0.370 e. The van der Waals surface area contributed by atoms with Gasteiger partial charge >= 0.3 is 6.18 Å². The molecule has 0 spiro atoms. The number of nitrogens with two attached hydrogens (primary N) is 1. The molecule has 0 heterocycles. The van der Waals surface area contributed by atoms with Gasteiger partial charge in [0.25, 0.3) is 0 Å². The fourth-order valence-electron chi connectivity index (χ4n) is 2.30. The first-order valence-corrected chi connectivity index (χ1v) is 8.35. The van der Waals surface area contributed by atoms with Gasteiger partial charge in [-0.25, -0.2) is 0 Å². The van der Waals surface area contributed by atoms with Gasteiger partial charge in [-0.3, -0.25) is 0 Å². The van der Waals surface area contributed by atoms with Crippen LogP contribution in [0.4, 0.5) is 13.2 Å². The minimum atomic E-state index is -4.25. The van der Waals surface area contributed by atoms with E-state index in [4.69, 9.17) is 5.73 Å². The van der Waals surface area contributed by atoms with Crippen LogP contribution >= 0.6 is 0 Å². The Morgan fingerprint density at radius 2 is 1.33 bits per heavy atom. The molecule has 0 radical (unpaired) electrons. The van der Waals surface area contributed by atoms with Gasteiger partial charge in [0.05, 0.1) is 6.61 Å². The van der Waals surface area contributed by atoms with Crippen LogP contribution in [0, 0.1) is 0 Å². The zero-order valence-electron chi connectivity index (χ0n) is 13.4. The lowest BCUT2D eigenvalue weighted by molar-refractivity contribution is -0.174. The molecule has 2 N–H and O–H groups in total. The van der Waals surface area contributed by atoms with Gasteiger partial charge in [0, 0.05) is 6.04 Å². The summed E-state index contributed by atoms with van der Waals surface area (Å²) in [5, 5.41) is 0. The quantitative estimate of drug-likeness (QED) is 0.447. The summed E-state index contributed by atoms with van der Waals surface area (Å²) in [6.45, 7) is 1.02. The predicted molar refractivity (Wildman–Crippen MR) is 81.3 cm³/mol. The highest BCUT2D eigenvalue weighted by molar-refractivity contribution is 4.61. The summed E-state index contributed by atoms with van der Waals surface area (Å²) in [6, 6.07) is -0.276. The third kappa shape index (κ3) is 17.7. The maximum Gasteiger partial charge on any atom is 0.411 e. The van der Waals surface area contributed by atoms with Crippen molar-refractivity contribution < 1.29 is 17.9 Å². The summed E-state index contributed by atoms with van der Waals surface area (Å²) in [7, 11) is 0. The fourth-order valence-corrected chi connectivity index (χ4v) is 2.30. The third-order valence-corrected chi connectivity index (χ3v) is 3.53. The second-order valence-corrected chi connectivity index (χ2v) is 5.86. The van der Waals surface area contributed by atoms with E-state index in [0.29, 0.717) is 0 Å². The molecule has 1 unspecified atom stereocenters. The molecule has 0 saturated carbocycles. The molecular weight excluding hydrogens is 279 g/mol. The highest BCUT2D eigenvalue weighted by atomic mass is 19.4. The van der Waals surface area contributed by atoms with Crippen LogP contribution < -0.4 is 5.73 Å². The van der Waals surface area contributed by atoms with Crippen LogP contribution in [0.3, 0.4) is 0 Å². The minimum absolute atomic E-state index is 0.00304. The van der Waals surface area contributed by atoms with E-state index in [9.17, 15) is 13.2 Å². The van der Waals surface area contributed by atoms with Gasteiger partial charge in [0.15, 0.2) is 0 Å². The van der Waals surface area contributed by atoms with Crippen molar-refractivity contribution in [3.05, 3.63) is 0 Å². The Hall–Kier alpha value is -0.290. The van der Waals surface area contributed by atoms with Crippen LogP contribution in [0.15, 0.2) is 0 Å². The summed E-state index contributed by atoms with van der Waals surface area (Å²) >= 11 is 0. The summed E-state index contributed by atoms with van der Waals surface area (Å²) in [5.74, 6) is 0. The molecule has 0 aliphatic carbocycles. The lowest BCUT2D eigenvalue weighted by Gasteiger charge is -2.13. The molecule has 5 heteroatoms. The average Bonchev–Trinajstić information content (AvgIpc) is 2.39. The summed E-state index contributed by atoms with van der Waals surface area (Å²) in [4.78, 5) is 0. The van der Waals surface area contributed by atoms with Crippen molar-refractivity contribution in [1.82, 2.24) is 0 Å². The van der Waals surface area contributed by atoms with Crippen molar-refractivity contribution >= 4 is 0 Å². The zero-order chi connectivity index (χ0) is 16.0. The molecule has 0 aromatic carbocycles. The topological polar surface area (TPSA) is 35.2 Å². The van der Waals surface area contributed by atoms with Gasteiger partial charge in [0.1, 0.15) is 6.61 Å². The van der Waals surface area contributed by atoms with E-state index in [2.05, 4.69) is 11.7 Å². The van der Waals surface area contributed by atoms with Crippen LogP contribution in [0.2, 0.25) is 0 Å². The van der Waals surface area contributed by atoms with Gasteiger partial charge in [-0.15, -0.1) is 0 Å². The van der Waals surface area contributed by atoms with E-state index in [1.165, 1.54) is 51.4 Å². The van der Waals surface area contributed by atoms with Crippen molar-refractivity contribution in [3.8, 4) is 0 Å². The summed E-state index contributed by atoms with van der Waals surface area (Å²) in [5.41, 5.74) is 5.72. The van der Waals surface area contributed by atoms with E-state index >= 15 is 0 Å². The molecule has 0 aromatic heterocycles. The van der Waals surface area contributed by atoms with Crippen LogP contribution in [0.1, 0.15) is 77.6 Å². The molecule has 0 aliphatic rings. The molecule has 2 nitrogen and oxygen atoms in total. The minimum Gasteiger partial charge on any atom is -0.370 e. The van der Waals surface area contributed by atoms with Gasteiger partial charge in [-0.05, 0) is 6.42 Å². The first kappa shape index (κ1) is 20.7. The van der Waals surface area contributed by atoms with Gasteiger partial charge in [-0.1, -0.05) is 71.1 Å². The number of alkyl halides is 3. The lowest BCUT2D eigenvalue weighted by atomic mass is 10.0. The Balaban J connectivity index is 3.20. The number of rotatable bonds is 14. The highest BCUT2D eigenvalue weighted by Crippen LogP contribution is 2.15. The molecule has 0 aromatic rings. The first-order chi connectivity index (χ1) is 9.95. The predicted octanol–water partition coefficient (Wildman–Crippen LogP) is 5.20. The maximum absolute atomic E-state index is 11.9. The Kier molecular flexibility index (Phi) is 13.2.